The highest BCUT2D eigenvalue weighted by molar-refractivity contribution is 7.98. The number of ether oxygens (including phenoxy) is 1. The number of benzene rings is 1. The Hall–Kier alpha value is -1.37. The number of methoxy groups -OCH3 is 1. The van der Waals surface area contributed by atoms with Gasteiger partial charge in [0, 0.05) is 32.1 Å². The van der Waals surface area contributed by atoms with Gasteiger partial charge in [-0.2, -0.15) is 0 Å². The Morgan fingerprint density at radius 1 is 1.30 bits per heavy atom. The maximum Gasteiger partial charge on any atom is 0.142 e. The molecule has 0 unspecified atom stereocenters. The highest BCUT2D eigenvalue weighted by atomic mass is 32.2. The van der Waals surface area contributed by atoms with Gasteiger partial charge in [0.05, 0.1) is 12.4 Å². The summed E-state index contributed by atoms with van der Waals surface area (Å²) in [4.78, 5) is 1.24. The zero-order chi connectivity index (χ0) is 14.2. The van der Waals surface area contributed by atoms with Crippen molar-refractivity contribution in [2.75, 3.05) is 20.3 Å². The third-order valence-corrected chi connectivity index (χ3v) is 3.92. The minimum atomic E-state index is 0.742. The minimum Gasteiger partial charge on any atom is -0.383 e. The van der Waals surface area contributed by atoms with Crippen LogP contribution in [0.1, 0.15) is 11.4 Å². The first-order valence-electron chi connectivity index (χ1n) is 6.54. The fourth-order valence-electron chi connectivity index (χ4n) is 1.70. The van der Waals surface area contributed by atoms with Gasteiger partial charge in [-0.15, -0.1) is 22.0 Å². The molecule has 0 saturated carbocycles. The SMILES string of the molecule is COCCNCc1ccc(SCc2nncn2C)cc1. The Bertz CT molecular complexity index is 512. The number of hydrogen-bond donors (Lipinski definition) is 1. The summed E-state index contributed by atoms with van der Waals surface area (Å²) in [5.74, 6) is 1.82. The molecule has 0 amide bonds. The average molecular weight is 292 g/mol. The molecule has 108 valence electrons. The summed E-state index contributed by atoms with van der Waals surface area (Å²) in [6.45, 7) is 2.49. The highest BCUT2D eigenvalue weighted by Gasteiger charge is 2.02. The molecular weight excluding hydrogens is 272 g/mol. The first-order valence-corrected chi connectivity index (χ1v) is 7.52. The Balaban J connectivity index is 1.78. The summed E-state index contributed by atoms with van der Waals surface area (Å²) >= 11 is 1.77. The van der Waals surface area contributed by atoms with E-state index in [1.54, 1.807) is 25.2 Å². The monoisotopic (exact) mass is 292 g/mol. The smallest absolute Gasteiger partial charge is 0.142 e. The van der Waals surface area contributed by atoms with E-state index in [1.165, 1.54) is 10.5 Å². The predicted octanol–water partition coefficient (Wildman–Crippen LogP) is 1.84. The lowest BCUT2D eigenvalue weighted by Gasteiger charge is -2.06. The Labute approximate surface area is 123 Å². The summed E-state index contributed by atoms with van der Waals surface area (Å²) in [5, 5.41) is 11.3. The van der Waals surface area contributed by atoms with Gasteiger partial charge >= 0.3 is 0 Å². The van der Waals surface area contributed by atoms with E-state index in [0.29, 0.717) is 0 Å². The second kappa shape index (κ2) is 8.04. The van der Waals surface area contributed by atoms with Crippen LogP contribution < -0.4 is 5.32 Å². The van der Waals surface area contributed by atoms with Crippen molar-refractivity contribution < 1.29 is 4.74 Å². The van der Waals surface area contributed by atoms with Crippen molar-refractivity contribution in [2.24, 2.45) is 7.05 Å². The maximum atomic E-state index is 5.00. The van der Waals surface area contributed by atoms with Crippen LogP contribution in [0.15, 0.2) is 35.5 Å². The lowest BCUT2D eigenvalue weighted by Crippen LogP contribution is -2.18. The van der Waals surface area contributed by atoms with E-state index in [4.69, 9.17) is 4.74 Å². The molecule has 0 fully saturated rings. The van der Waals surface area contributed by atoms with Crippen LogP contribution >= 0.6 is 11.8 Å². The van der Waals surface area contributed by atoms with Crippen LogP contribution in [0.25, 0.3) is 0 Å². The zero-order valence-electron chi connectivity index (χ0n) is 11.9. The van der Waals surface area contributed by atoms with Crippen molar-refractivity contribution in [3.63, 3.8) is 0 Å². The van der Waals surface area contributed by atoms with Gasteiger partial charge in [0.1, 0.15) is 12.2 Å². The van der Waals surface area contributed by atoms with Crippen LogP contribution in [0.2, 0.25) is 0 Å². The molecule has 0 spiro atoms. The van der Waals surface area contributed by atoms with Crippen LogP contribution in [-0.4, -0.2) is 35.0 Å². The molecule has 6 heteroatoms. The van der Waals surface area contributed by atoms with E-state index in [1.807, 2.05) is 11.6 Å². The van der Waals surface area contributed by atoms with Crippen molar-refractivity contribution in [1.29, 1.82) is 0 Å². The van der Waals surface area contributed by atoms with E-state index in [0.717, 1.165) is 31.3 Å². The maximum absolute atomic E-state index is 5.00. The fraction of sp³-hybridized carbons (Fsp3) is 0.429. The van der Waals surface area contributed by atoms with E-state index in [-0.39, 0.29) is 0 Å². The third-order valence-electron chi connectivity index (χ3n) is 2.91. The van der Waals surface area contributed by atoms with Crippen LogP contribution in [-0.2, 0) is 24.1 Å². The molecule has 5 nitrogen and oxygen atoms in total. The predicted molar refractivity (Wildman–Crippen MR) is 80.6 cm³/mol. The molecule has 20 heavy (non-hydrogen) atoms. The molecule has 2 rings (SSSR count). The molecule has 1 aromatic heterocycles. The molecule has 0 atom stereocenters. The van der Waals surface area contributed by atoms with Gasteiger partial charge in [0.2, 0.25) is 0 Å². The molecule has 1 N–H and O–H groups in total. The molecular formula is C14H20N4OS. The summed E-state index contributed by atoms with van der Waals surface area (Å²) in [5.41, 5.74) is 1.28. The summed E-state index contributed by atoms with van der Waals surface area (Å²) in [6.07, 6.45) is 1.73. The van der Waals surface area contributed by atoms with Gasteiger partial charge < -0.3 is 14.6 Å². The second-order valence-corrected chi connectivity index (χ2v) is 5.51. The van der Waals surface area contributed by atoms with E-state index >= 15 is 0 Å². The fourth-order valence-corrected chi connectivity index (χ4v) is 2.58. The quantitative estimate of drug-likeness (QED) is 0.594. The summed E-state index contributed by atoms with van der Waals surface area (Å²) < 4.78 is 6.94. The van der Waals surface area contributed by atoms with Gasteiger partial charge in [-0.3, -0.25) is 0 Å². The second-order valence-electron chi connectivity index (χ2n) is 4.46. The minimum absolute atomic E-state index is 0.742. The van der Waals surface area contributed by atoms with Gasteiger partial charge in [0.25, 0.3) is 0 Å². The molecule has 0 bridgehead atoms. The average Bonchev–Trinajstić information content (AvgIpc) is 2.88. The number of hydrogen-bond acceptors (Lipinski definition) is 5. The van der Waals surface area contributed by atoms with Crippen molar-refractivity contribution in [1.82, 2.24) is 20.1 Å². The number of nitrogens with zero attached hydrogens (tertiary/aromatic N) is 3. The van der Waals surface area contributed by atoms with Crippen molar-refractivity contribution in [3.8, 4) is 0 Å². The molecule has 0 aliphatic carbocycles. The van der Waals surface area contributed by atoms with Crippen molar-refractivity contribution in [2.45, 2.75) is 17.2 Å². The highest BCUT2D eigenvalue weighted by Crippen LogP contribution is 2.21. The van der Waals surface area contributed by atoms with Crippen molar-refractivity contribution >= 4 is 11.8 Å². The van der Waals surface area contributed by atoms with E-state index < -0.39 is 0 Å². The Morgan fingerprint density at radius 3 is 2.75 bits per heavy atom. The standard InChI is InChI=1S/C14H20N4OS/c1-18-11-16-17-14(18)10-20-13-5-3-12(4-6-13)9-15-7-8-19-2/h3-6,11,15H,7-10H2,1-2H3. The van der Waals surface area contributed by atoms with Gasteiger partial charge in [-0.1, -0.05) is 12.1 Å². The first-order chi connectivity index (χ1) is 9.79. The summed E-state index contributed by atoms with van der Waals surface area (Å²) in [7, 11) is 3.68. The van der Waals surface area contributed by atoms with Gasteiger partial charge in [0.15, 0.2) is 0 Å². The number of aryl methyl sites for hydroxylation is 1. The normalized spacial score (nSPS) is 10.9. The molecule has 0 aliphatic heterocycles. The number of thioether (sulfide) groups is 1. The Morgan fingerprint density at radius 2 is 2.10 bits per heavy atom. The van der Waals surface area contributed by atoms with Gasteiger partial charge in [-0.05, 0) is 17.7 Å². The number of nitrogens with one attached hydrogen (secondary N) is 1. The first kappa shape index (κ1) is 15.0. The molecule has 2 aromatic rings. The zero-order valence-corrected chi connectivity index (χ0v) is 12.7. The van der Waals surface area contributed by atoms with Crippen LogP contribution in [0, 0.1) is 0 Å². The summed E-state index contributed by atoms with van der Waals surface area (Å²) in [6, 6.07) is 8.60. The largest absolute Gasteiger partial charge is 0.383 e. The van der Waals surface area contributed by atoms with E-state index in [2.05, 4.69) is 39.8 Å². The number of aromatic nitrogens is 3. The third kappa shape index (κ3) is 4.63. The van der Waals surface area contributed by atoms with Gasteiger partial charge in [-0.25, -0.2) is 0 Å². The lowest BCUT2D eigenvalue weighted by atomic mass is 10.2. The van der Waals surface area contributed by atoms with Crippen LogP contribution in [0.5, 0.6) is 0 Å². The molecule has 0 aliphatic rings. The van der Waals surface area contributed by atoms with Crippen LogP contribution in [0.3, 0.4) is 0 Å². The molecule has 0 radical (unpaired) electrons. The van der Waals surface area contributed by atoms with Crippen molar-refractivity contribution in [3.05, 3.63) is 42.0 Å². The lowest BCUT2D eigenvalue weighted by molar-refractivity contribution is 0.199. The van der Waals surface area contributed by atoms with Crippen LogP contribution in [0.4, 0.5) is 0 Å². The molecule has 0 saturated heterocycles. The van der Waals surface area contributed by atoms with E-state index in [9.17, 15) is 0 Å². The topological polar surface area (TPSA) is 52.0 Å². The Kier molecular flexibility index (Phi) is 6.04. The molecule has 1 aromatic carbocycles. The molecule has 1 heterocycles. The number of rotatable bonds is 8.